The summed E-state index contributed by atoms with van der Waals surface area (Å²) in [5.74, 6) is -0.985. The number of Topliss-reactive ketones (excluding diaryl/α,β-unsaturated/α-hetero) is 1. The Labute approximate surface area is 166 Å². The summed E-state index contributed by atoms with van der Waals surface area (Å²) in [6.45, 7) is 0.675. The van der Waals surface area contributed by atoms with Crippen LogP contribution in [0.4, 0.5) is 18.9 Å². The van der Waals surface area contributed by atoms with Crippen molar-refractivity contribution in [3.8, 4) is 5.75 Å². The van der Waals surface area contributed by atoms with Gasteiger partial charge in [0.2, 0.25) is 0 Å². The topological polar surface area (TPSA) is 50.4 Å². The van der Waals surface area contributed by atoms with Crippen molar-refractivity contribution < 1.29 is 22.7 Å². The van der Waals surface area contributed by atoms with Crippen LogP contribution in [0.25, 0.3) is 0 Å². The Morgan fingerprint density at radius 2 is 1.96 bits per heavy atom. The molecule has 0 aromatic heterocycles. The molecule has 3 rings (SSSR count). The number of carbonyl (C=O) groups excluding carboxylic acids is 1. The highest BCUT2D eigenvalue weighted by Gasteiger charge is 2.43. The maximum atomic E-state index is 12.8. The summed E-state index contributed by atoms with van der Waals surface area (Å²) in [6.07, 6.45) is -4.47. The molecule has 0 fully saturated rings. The van der Waals surface area contributed by atoms with Gasteiger partial charge in [-0.2, -0.15) is 13.2 Å². The highest BCUT2D eigenvalue weighted by atomic mass is 35.5. The number of hydrogen-bond acceptors (Lipinski definition) is 4. The Hall–Kier alpha value is -2.25. The first-order chi connectivity index (χ1) is 13.3. The molecule has 0 bridgehead atoms. The van der Waals surface area contributed by atoms with Gasteiger partial charge in [-0.15, -0.1) is 0 Å². The molecular formula is C20H20ClF3N2O2. The molecule has 150 valence electrons. The fourth-order valence-electron chi connectivity index (χ4n) is 3.28. The molecule has 2 aromatic carbocycles. The van der Waals surface area contributed by atoms with E-state index in [0.29, 0.717) is 23.7 Å². The monoisotopic (exact) mass is 412 g/mol. The van der Waals surface area contributed by atoms with E-state index in [0.717, 1.165) is 22.4 Å². The van der Waals surface area contributed by atoms with Gasteiger partial charge in [0.25, 0.3) is 5.78 Å². The summed E-state index contributed by atoms with van der Waals surface area (Å²) in [6, 6.07) is 9.78. The van der Waals surface area contributed by atoms with Crippen LogP contribution in [-0.4, -0.2) is 25.1 Å². The number of halogens is 4. The first-order valence-electron chi connectivity index (χ1n) is 8.81. The molecule has 0 saturated heterocycles. The normalized spacial score (nSPS) is 16.8. The Kier molecular flexibility index (Phi) is 6.15. The second kappa shape index (κ2) is 8.41. The Morgan fingerprint density at radius 3 is 2.61 bits per heavy atom. The summed E-state index contributed by atoms with van der Waals surface area (Å²) in [4.78, 5) is 11.6. The lowest BCUT2D eigenvalue weighted by Gasteiger charge is -2.16. The van der Waals surface area contributed by atoms with Crippen LogP contribution in [-0.2, 0) is 24.3 Å². The zero-order valence-electron chi connectivity index (χ0n) is 15.2. The molecule has 0 amide bonds. The molecule has 4 nitrogen and oxygen atoms in total. The zero-order chi connectivity index (χ0) is 20.3. The van der Waals surface area contributed by atoms with Crippen molar-refractivity contribution in [2.75, 3.05) is 12.4 Å². The van der Waals surface area contributed by atoms with Crippen LogP contribution in [0.5, 0.6) is 5.75 Å². The third kappa shape index (κ3) is 4.59. The lowest BCUT2D eigenvalue weighted by atomic mass is 9.99. The second-order valence-corrected chi connectivity index (χ2v) is 7.00. The van der Waals surface area contributed by atoms with E-state index >= 15 is 0 Å². The minimum absolute atomic E-state index is 0.0584. The smallest absolute Gasteiger partial charge is 0.451 e. The highest BCUT2D eigenvalue weighted by Crippen LogP contribution is 2.33. The van der Waals surface area contributed by atoms with E-state index in [2.05, 4.69) is 10.6 Å². The maximum Gasteiger partial charge on any atom is 0.451 e. The van der Waals surface area contributed by atoms with Crippen molar-refractivity contribution in [3.05, 3.63) is 58.1 Å². The number of ketones is 1. The summed E-state index contributed by atoms with van der Waals surface area (Å²) in [5, 5.41) is 6.51. The van der Waals surface area contributed by atoms with E-state index in [1.165, 1.54) is 0 Å². The minimum Gasteiger partial charge on any atom is -0.497 e. The first kappa shape index (κ1) is 20.5. The van der Waals surface area contributed by atoms with Crippen LogP contribution in [0, 0.1) is 0 Å². The summed E-state index contributed by atoms with van der Waals surface area (Å²) >= 11 is 6.35. The van der Waals surface area contributed by atoms with E-state index in [4.69, 9.17) is 16.3 Å². The molecule has 8 heteroatoms. The molecule has 1 aliphatic rings. The Morgan fingerprint density at radius 1 is 1.25 bits per heavy atom. The van der Waals surface area contributed by atoms with Crippen molar-refractivity contribution in [2.24, 2.45) is 0 Å². The predicted molar refractivity (Wildman–Crippen MR) is 102 cm³/mol. The average molecular weight is 413 g/mol. The number of hydrogen-bond donors (Lipinski definition) is 2. The van der Waals surface area contributed by atoms with E-state index in [9.17, 15) is 18.0 Å². The van der Waals surface area contributed by atoms with E-state index < -0.39 is 18.0 Å². The number of anilines is 1. The summed E-state index contributed by atoms with van der Waals surface area (Å²) in [5.41, 5.74) is 3.37. The number of nitrogens with one attached hydrogen (secondary N) is 2. The third-order valence-electron chi connectivity index (χ3n) is 4.81. The molecule has 1 heterocycles. The van der Waals surface area contributed by atoms with Gasteiger partial charge in [-0.05, 0) is 47.7 Å². The number of benzene rings is 2. The summed E-state index contributed by atoms with van der Waals surface area (Å²) in [7, 11) is 1.59. The second-order valence-electron chi connectivity index (χ2n) is 6.60. The first-order valence-corrected chi connectivity index (χ1v) is 9.19. The van der Waals surface area contributed by atoms with Gasteiger partial charge < -0.3 is 15.4 Å². The average Bonchev–Trinajstić information content (AvgIpc) is 2.89. The van der Waals surface area contributed by atoms with Crippen LogP contribution < -0.4 is 15.4 Å². The standard InChI is InChI=1S/C20H20ClF3N2O2/c1-28-14-5-2-12(3-6-14)10-26-18-15-7-9-17(19(27)20(22,23)24)25-11-13(15)4-8-16(18)21/h2-6,8,17,25-26H,7,9-11H2,1H3. The van der Waals surface area contributed by atoms with Gasteiger partial charge >= 0.3 is 6.18 Å². The van der Waals surface area contributed by atoms with Crippen molar-refractivity contribution in [1.29, 1.82) is 0 Å². The van der Waals surface area contributed by atoms with E-state index in [1.807, 2.05) is 24.3 Å². The quantitative estimate of drug-likeness (QED) is 0.759. The molecular weight excluding hydrogens is 393 g/mol. The molecule has 0 saturated carbocycles. The molecule has 0 radical (unpaired) electrons. The molecule has 1 unspecified atom stereocenters. The number of methoxy groups -OCH3 is 1. The van der Waals surface area contributed by atoms with Crippen LogP contribution in [0.1, 0.15) is 23.1 Å². The number of alkyl halides is 3. The third-order valence-corrected chi connectivity index (χ3v) is 5.12. The molecule has 1 atom stereocenters. The number of carbonyl (C=O) groups is 1. The highest BCUT2D eigenvalue weighted by molar-refractivity contribution is 6.33. The SMILES string of the molecule is COc1ccc(CNc2c(Cl)ccc3c2CCC(C(=O)C(F)(F)F)NC3)cc1. The van der Waals surface area contributed by atoms with Gasteiger partial charge in [0.05, 0.1) is 23.9 Å². The molecule has 1 aliphatic heterocycles. The van der Waals surface area contributed by atoms with Crippen molar-refractivity contribution in [1.82, 2.24) is 5.32 Å². The molecule has 0 spiro atoms. The number of ether oxygens (including phenoxy) is 1. The van der Waals surface area contributed by atoms with E-state index in [-0.39, 0.29) is 13.0 Å². The number of fused-ring (bicyclic) bond motifs is 1. The minimum atomic E-state index is -4.85. The maximum absolute atomic E-state index is 12.8. The molecule has 2 aromatic rings. The Balaban J connectivity index is 1.77. The van der Waals surface area contributed by atoms with Gasteiger partial charge in [0, 0.05) is 13.1 Å². The van der Waals surface area contributed by atoms with Crippen LogP contribution in [0.15, 0.2) is 36.4 Å². The van der Waals surface area contributed by atoms with Crippen molar-refractivity contribution in [3.63, 3.8) is 0 Å². The summed E-state index contributed by atoms with van der Waals surface area (Å²) < 4.78 is 43.4. The fourth-order valence-corrected chi connectivity index (χ4v) is 3.53. The van der Waals surface area contributed by atoms with Gasteiger partial charge in [0.1, 0.15) is 5.75 Å². The largest absolute Gasteiger partial charge is 0.497 e. The van der Waals surface area contributed by atoms with Crippen LogP contribution in [0.3, 0.4) is 0 Å². The van der Waals surface area contributed by atoms with Crippen LogP contribution in [0.2, 0.25) is 5.02 Å². The Bertz CT molecular complexity index is 854. The van der Waals surface area contributed by atoms with Crippen molar-refractivity contribution >= 4 is 23.1 Å². The van der Waals surface area contributed by atoms with Gasteiger partial charge in [-0.25, -0.2) is 0 Å². The van der Waals surface area contributed by atoms with Gasteiger partial charge in [-0.1, -0.05) is 29.8 Å². The van der Waals surface area contributed by atoms with Crippen LogP contribution >= 0.6 is 11.6 Å². The molecule has 0 aliphatic carbocycles. The fraction of sp³-hybridized carbons (Fsp3) is 0.350. The van der Waals surface area contributed by atoms with Gasteiger partial charge in [-0.3, -0.25) is 4.79 Å². The lowest BCUT2D eigenvalue weighted by Crippen LogP contribution is -2.43. The van der Waals surface area contributed by atoms with Crippen molar-refractivity contribution in [2.45, 2.75) is 38.1 Å². The zero-order valence-corrected chi connectivity index (χ0v) is 16.0. The van der Waals surface area contributed by atoms with Gasteiger partial charge in [0.15, 0.2) is 0 Å². The molecule has 28 heavy (non-hydrogen) atoms. The predicted octanol–water partition coefficient (Wildman–Crippen LogP) is 4.50. The number of rotatable bonds is 5. The van der Waals surface area contributed by atoms with E-state index in [1.54, 1.807) is 19.2 Å². The molecule has 2 N–H and O–H groups in total. The lowest BCUT2D eigenvalue weighted by molar-refractivity contribution is -0.173.